The Hall–Kier alpha value is -0.130. The van der Waals surface area contributed by atoms with Gasteiger partial charge in [0.05, 0.1) is 5.25 Å². The van der Waals surface area contributed by atoms with E-state index >= 15 is 0 Å². The van der Waals surface area contributed by atoms with Crippen LogP contribution in [0.3, 0.4) is 0 Å². The van der Waals surface area contributed by atoms with E-state index in [1.807, 2.05) is 4.90 Å². The number of hydrogen-bond donors (Lipinski definition) is 1. The monoisotopic (exact) mass is 206 g/mol. The second-order valence-electron chi connectivity index (χ2n) is 3.73. The second-order valence-corrected chi connectivity index (χ2v) is 6.39. The molecule has 0 saturated carbocycles. The van der Waals surface area contributed by atoms with Crippen molar-refractivity contribution >= 4 is 9.84 Å². The largest absolute Gasteiger partial charge is 0.318 e. The van der Waals surface area contributed by atoms with Gasteiger partial charge in [-0.1, -0.05) is 0 Å². The van der Waals surface area contributed by atoms with Crippen molar-refractivity contribution in [3.8, 4) is 0 Å². The lowest BCUT2D eigenvalue weighted by Gasteiger charge is -2.24. The molecule has 1 fully saturated rings. The van der Waals surface area contributed by atoms with E-state index in [0.29, 0.717) is 6.67 Å². The summed E-state index contributed by atoms with van der Waals surface area (Å²) in [5.41, 5.74) is 5.48. The van der Waals surface area contributed by atoms with Gasteiger partial charge in [0.15, 0.2) is 9.84 Å². The molecule has 2 N–H and O–H groups in total. The van der Waals surface area contributed by atoms with Crippen molar-refractivity contribution in [3.63, 3.8) is 0 Å². The Morgan fingerprint density at radius 1 is 1.54 bits per heavy atom. The van der Waals surface area contributed by atoms with Crippen molar-refractivity contribution < 1.29 is 8.42 Å². The number of hydrogen-bond acceptors (Lipinski definition) is 4. The molecule has 4 nitrogen and oxygen atoms in total. The molecule has 0 amide bonds. The molecule has 13 heavy (non-hydrogen) atoms. The van der Waals surface area contributed by atoms with Crippen LogP contribution in [0.25, 0.3) is 0 Å². The summed E-state index contributed by atoms with van der Waals surface area (Å²) in [6.45, 7) is 4.61. The first-order valence-electron chi connectivity index (χ1n) is 4.67. The van der Waals surface area contributed by atoms with Crippen LogP contribution in [0, 0.1) is 0 Å². The van der Waals surface area contributed by atoms with E-state index in [4.69, 9.17) is 5.73 Å². The fraction of sp³-hybridized carbons (Fsp3) is 1.00. The lowest BCUT2D eigenvalue weighted by molar-refractivity contribution is 0.314. The molecule has 0 aliphatic carbocycles. The van der Waals surface area contributed by atoms with Gasteiger partial charge in [-0.25, -0.2) is 8.42 Å². The molecule has 0 spiro atoms. The summed E-state index contributed by atoms with van der Waals surface area (Å²) in [5, 5.41) is -0.637. The molecular formula is C8H18N2O2S. The maximum absolute atomic E-state index is 11.8. The first kappa shape index (κ1) is 10.9. The Kier molecular flexibility index (Phi) is 3.32. The van der Waals surface area contributed by atoms with E-state index in [-0.39, 0.29) is 10.6 Å². The van der Waals surface area contributed by atoms with Crippen molar-refractivity contribution in [2.45, 2.75) is 37.3 Å². The van der Waals surface area contributed by atoms with Crippen molar-refractivity contribution in [1.82, 2.24) is 4.90 Å². The lowest BCUT2D eigenvalue weighted by Crippen LogP contribution is -2.42. The third-order valence-electron chi connectivity index (χ3n) is 2.57. The number of nitrogens with two attached hydrogens (primary N) is 1. The van der Waals surface area contributed by atoms with Crippen molar-refractivity contribution in [2.24, 2.45) is 5.73 Å². The summed E-state index contributed by atoms with van der Waals surface area (Å²) in [5.74, 6) is 0. The van der Waals surface area contributed by atoms with Gasteiger partial charge in [-0.15, -0.1) is 0 Å². The minimum absolute atomic E-state index is 0.301. The first-order chi connectivity index (χ1) is 6.00. The molecule has 0 radical (unpaired) electrons. The van der Waals surface area contributed by atoms with Crippen LogP contribution in [-0.4, -0.2) is 37.2 Å². The number of rotatable bonds is 3. The predicted octanol–water partition coefficient (Wildman–Crippen LogP) is 0.148. The summed E-state index contributed by atoms with van der Waals surface area (Å²) in [7, 11) is -2.99. The highest BCUT2D eigenvalue weighted by atomic mass is 32.2. The van der Waals surface area contributed by atoms with Gasteiger partial charge in [0.25, 0.3) is 0 Å². The highest BCUT2D eigenvalue weighted by Crippen LogP contribution is 2.23. The zero-order valence-corrected chi connectivity index (χ0v) is 9.05. The number of nitrogens with zero attached hydrogens (tertiary/aromatic N) is 1. The maximum Gasteiger partial charge on any atom is 0.168 e. The summed E-state index contributed by atoms with van der Waals surface area (Å²) in [6.07, 6.45) is 1.67. The molecule has 1 aliphatic rings. The van der Waals surface area contributed by atoms with Crippen molar-refractivity contribution in [1.29, 1.82) is 0 Å². The van der Waals surface area contributed by atoms with Crippen LogP contribution in [0.2, 0.25) is 0 Å². The summed E-state index contributed by atoms with van der Waals surface area (Å²) in [6, 6.07) is 0. The minimum Gasteiger partial charge on any atom is -0.318 e. The molecule has 0 bridgehead atoms. The average molecular weight is 206 g/mol. The second kappa shape index (κ2) is 3.94. The third-order valence-corrected chi connectivity index (χ3v) is 5.18. The van der Waals surface area contributed by atoms with Gasteiger partial charge < -0.3 is 5.73 Å². The molecule has 1 atom stereocenters. The Bertz CT molecular complexity index is 261. The molecule has 1 rings (SSSR count). The molecule has 1 heterocycles. The van der Waals surface area contributed by atoms with Crippen LogP contribution >= 0.6 is 0 Å². The summed E-state index contributed by atoms with van der Waals surface area (Å²) in [4.78, 5) is 1.84. The van der Waals surface area contributed by atoms with Crippen molar-refractivity contribution in [2.75, 3.05) is 13.2 Å². The van der Waals surface area contributed by atoms with Crippen LogP contribution < -0.4 is 5.73 Å². The van der Waals surface area contributed by atoms with Crippen LogP contribution in [0.15, 0.2) is 0 Å². The number of likely N-dealkylation sites (tertiary alicyclic amines) is 1. The zero-order chi connectivity index (χ0) is 10.1. The summed E-state index contributed by atoms with van der Waals surface area (Å²) >= 11 is 0. The Morgan fingerprint density at radius 2 is 2.15 bits per heavy atom. The quantitative estimate of drug-likeness (QED) is 0.714. The van der Waals surface area contributed by atoms with Gasteiger partial charge in [-0.05, 0) is 26.7 Å². The molecule has 0 aromatic heterocycles. The van der Waals surface area contributed by atoms with Gasteiger partial charge in [-0.3, -0.25) is 4.90 Å². The SMILES string of the molecule is CC(C)S(=O)(=O)[C@@H]1CCCN1CN. The molecular weight excluding hydrogens is 188 g/mol. The minimum atomic E-state index is -2.99. The van der Waals surface area contributed by atoms with Crippen LogP contribution in [0.1, 0.15) is 26.7 Å². The van der Waals surface area contributed by atoms with Gasteiger partial charge >= 0.3 is 0 Å². The fourth-order valence-electron chi connectivity index (χ4n) is 1.69. The van der Waals surface area contributed by atoms with Crippen LogP contribution in [0.4, 0.5) is 0 Å². The van der Waals surface area contributed by atoms with Gasteiger partial charge in [0.2, 0.25) is 0 Å². The lowest BCUT2D eigenvalue weighted by atomic mass is 10.4. The van der Waals surface area contributed by atoms with E-state index in [1.54, 1.807) is 13.8 Å². The first-order valence-corrected chi connectivity index (χ1v) is 6.28. The Balaban J connectivity index is 2.82. The Labute approximate surface area is 80.0 Å². The molecule has 0 unspecified atom stereocenters. The normalized spacial score (nSPS) is 25.7. The van der Waals surface area contributed by atoms with Gasteiger partial charge in [-0.2, -0.15) is 0 Å². The van der Waals surface area contributed by atoms with Gasteiger partial charge in [0.1, 0.15) is 5.37 Å². The highest BCUT2D eigenvalue weighted by Gasteiger charge is 2.36. The topological polar surface area (TPSA) is 63.4 Å². The highest BCUT2D eigenvalue weighted by molar-refractivity contribution is 7.92. The molecule has 78 valence electrons. The standard InChI is InChI=1S/C8H18N2O2S/c1-7(2)13(11,12)8-4-3-5-10(8)6-9/h7-8H,3-6,9H2,1-2H3/t8-/m1/s1. The molecule has 5 heteroatoms. The maximum atomic E-state index is 11.8. The van der Waals surface area contributed by atoms with E-state index in [1.165, 1.54) is 0 Å². The molecule has 1 aliphatic heterocycles. The fourth-order valence-corrected chi connectivity index (χ4v) is 3.42. The smallest absolute Gasteiger partial charge is 0.168 e. The van der Waals surface area contributed by atoms with E-state index in [9.17, 15) is 8.42 Å². The molecule has 0 aromatic carbocycles. The third kappa shape index (κ3) is 2.03. The molecule has 0 aromatic rings. The van der Waals surface area contributed by atoms with E-state index in [0.717, 1.165) is 19.4 Å². The van der Waals surface area contributed by atoms with Crippen LogP contribution in [-0.2, 0) is 9.84 Å². The Morgan fingerprint density at radius 3 is 2.62 bits per heavy atom. The average Bonchev–Trinajstić information content (AvgIpc) is 2.51. The van der Waals surface area contributed by atoms with E-state index < -0.39 is 9.84 Å². The predicted molar refractivity (Wildman–Crippen MR) is 52.8 cm³/mol. The van der Waals surface area contributed by atoms with E-state index in [2.05, 4.69) is 0 Å². The van der Waals surface area contributed by atoms with Gasteiger partial charge in [0, 0.05) is 13.2 Å². The van der Waals surface area contributed by atoms with Crippen LogP contribution in [0.5, 0.6) is 0 Å². The zero-order valence-electron chi connectivity index (χ0n) is 8.23. The summed E-state index contributed by atoms with van der Waals surface area (Å²) < 4.78 is 23.6. The number of sulfone groups is 1. The molecule has 1 saturated heterocycles. The van der Waals surface area contributed by atoms with Crippen molar-refractivity contribution in [3.05, 3.63) is 0 Å².